The van der Waals surface area contributed by atoms with Gasteiger partial charge in [0.1, 0.15) is 17.2 Å². The highest BCUT2D eigenvalue weighted by Crippen LogP contribution is 2.57. The average molecular weight is 518 g/mol. The van der Waals surface area contributed by atoms with E-state index in [2.05, 4.69) is 23.8 Å². The first-order valence-corrected chi connectivity index (χ1v) is 13.1. The summed E-state index contributed by atoms with van der Waals surface area (Å²) in [6.07, 6.45) is 3.27. The van der Waals surface area contributed by atoms with Crippen molar-refractivity contribution in [3.63, 3.8) is 0 Å². The Morgan fingerprint density at radius 1 is 1.39 bits per heavy atom. The second kappa shape index (κ2) is 10.0. The fourth-order valence-corrected chi connectivity index (χ4v) is 7.55. The van der Waals surface area contributed by atoms with E-state index in [0.717, 1.165) is 35.5 Å². The monoisotopic (exact) mass is 517 g/mol. The lowest BCUT2D eigenvalue weighted by Gasteiger charge is -2.53. The molecular weight excluding hydrogens is 484 g/mol. The van der Waals surface area contributed by atoms with Gasteiger partial charge in [0.05, 0.1) is 11.8 Å². The molecule has 2 N–H and O–H groups in total. The number of aromatic nitrogens is 1. The van der Waals surface area contributed by atoms with Crippen LogP contribution >= 0.6 is 11.3 Å². The summed E-state index contributed by atoms with van der Waals surface area (Å²) >= 11 is 1.31. The number of likely N-dealkylation sites (N-methyl/N-ethyl adjacent to an activating group) is 1. The number of thiazole rings is 1. The molecule has 6 nitrogen and oxygen atoms in total. The number of nitrogens with one attached hydrogen (secondary N) is 1. The topological polar surface area (TPSA) is 82.5 Å². The number of amides is 2. The third-order valence-electron chi connectivity index (χ3n) is 8.14. The van der Waals surface area contributed by atoms with Crippen LogP contribution in [-0.2, 0) is 11.2 Å². The van der Waals surface area contributed by atoms with Crippen LogP contribution in [0.25, 0.3) is 0 Å². The average Bonchev–Trinajstić information content (AvgIpc) is 3.20. The van der Waals surface area contributed by atoms with E-state index in [9.17, 15) is 23.5 Å². The largest absolute Gasteiger partial charge is 0.392 e. The first-order valence-electron chi connectivity index (χ1n) is 12.3. The number of benzene rings is 1. The maximum Gasteiger partial charge on any atom is 0.263 e. The first-order chi connectivity index (χ1) is 17.0. The summed E-state index contributed by atoms with van der Waals surface area (Å²) in [5, 5.41) is 14.4. The summed E-state index contributed by atoms with van der Waals surface area (Å²) in [5.41, 5.74) is -0.0456. The zero-order chi connectivity index (χ0) is 26.4. The summed E-state index contributed by atoms with van der Waals surface area (Å²) in [6.45, 7) is 10.2. The zero-order valence-corrected chi connectivity index (χ0v) is 21.9. The Bertz CT molecular complexity index is 1160. The molecule has 194 valence electrons. The Hall–Kier alpha value is -2.65. The molecule has 1 fully saturated rings. The van der Waals surface area contributed by atoms with Gasteiger partial charge in [0.2, 0.25) is 5.91 Å². The zero-order valence-electron chi connectivity index (χ0n) is 21.1. The van der Waals surface area contributed by atoms with Gasteiger partial charge in [0, 0.05) is 30.3 Å². The van der Waals surface area contributed by atoms with Crippen molar-refractivity contribution < 1.29 is 23.5 Å². The Kier molecular flexibility index (Phi) is 7.35. The number of hydrogen-bond acceptors (Lipinski definition) is 5. The predicted molar refractivity (Wildman–Crippen MR) is 136 cm³/mol. The molecule has 1 aromatic carbocycles. The number of halogens is 2. The van der Waals surface area contributed by atoms with Gasteiger partial charge in [-0.05, 0) is 48.6 Å². The van der Waals surface area contributed by atoms with Gasteiger partial charge in [0.25, 0.3) is 5.91 Å². The van der Waals surface area contributed by atoms with Crippen molar-refractivity contribution in [2.75, 3.05) is 18.9 Å². The Balaban J connectivity index is 1.57. The standard InChI is InChI=1S/C27H33F2N3O3S/c1-6-12-32(5)25(35)14(2)16-10-11-27(4)13-19-22(15(3)21(27)23(16)33)30-26(36-19)31-24(34)20-17(28)8-7-9-18(20)29/h6-9,14-16,21,23,33H,1,10-13H2,2-5H3,(H,30,31,34)/t14-,15-,16-,21+,23-,27+/m0/s1. The van der Waals surface area contributed by atoms with E-state index in [1.807, 2.05) is 13.8 Å². The second-order valence-electron chi connectivity index (χ2n) is 10.5. The first kappa shape index (κ1) is 26.4. The lowest BCUT2D eigenvalue weighted by molar-refractivity contribution is -0.143. The Morgan fingerprint density at radius 3 is 2.69 bits per heavy atom. The maximum atomic E-state index is 14.1. The lowest BCUT2D eigenvalue weighted by Crippen LogP contribution is -2.53. The van der Waals surface area contributed by atoms with E-state index >= 15 is 0 Å². The molecule has 6 atom stereocenters. The SMILES string of the molecule is C=CCN(C)C(=O)[C@@H](C)[C@@H]1CC[C@]2(C)Cc3sc(NC(=O)c4c(F)cccc4F)nc3[C@@H](C)[C@@H]2[C@H]1O. The van der Waals surface area contributed by atoms with Crippen LogP contribution in [0.1, 0.15) is 60.5 Å². The minimum absolute atomic E-state index is 0.00858. The molecule has 0 radical (unpaired) electrons. The quantitative estimate of drug-likeness (QED) is 0.528. The van der Waals surface area contributed by atoms with Crippen LogP contribution in [0.3, 0.4) is 0 Å². The summed E-state index contributed by atoms with van der Waals surface area (Å²) in [5.74, 6) is -3.49. The van der Waals surface area contributed by atoms with Gasteiger partial charge >= 0.3 is 0 Å². The van der Waals surface area contributed by atoms with Crippen LogP contribution in [0.15, 0.2) is 30.9 Å². The van der Waals surface area contributed by atoms with Gasteiger partial charge in [-0.15, -0.1) is 17.9 Å². The van der Waals surface area contributed by atoms with Crippen molar-refractivity contribution in [1.29, 1.82) is 0 Å². The van der Waals surface area contributed by atoms with Crippen molar-refractivity contribution in [3.05, 3.63) is 58.6 Å². The minimum atomic E-state index is -0.933. The van der Waals surface area contributed by atoms with Crippen LogP contribution in [0.2, 0.25) is 0 Å². The molecule has 2 aromatic rings. The van der Waals surface area contributed by atoms with E-state index in [4.69, 9.17) is 0 Å². The van der Waals surface area contributed by atoms with Gasteiger partial charge in [-0.1, -0.05) is 32.9 Å². The number of anilines is 1. The summed E-state index contributed by atoms with van der Waals surface area (Å²) in [7, 11) is 1.74. The number of carbonyl (C=O) groups excluding carboxylic acids is 2. The summed E-state index contributed by atoms with van der Waals surface area (Å²) < 4.78 is 28.1. The molecule has 1 aromatic heterocycles. The Morgan fingerprint density at radius 2 is 2.06 bits per heavy atom. The fraction of sp³-hybridized carbons (Fsp3) is 0.519. The van der Waals surface area contributed by atoms with Crippen molar-refractivity contribution in [2.45, 2.75) is 52.1 Å². The molecule has 2 aliphatic carbocycles. The number of carbonyl (C=O) groups is 2. The van der Waals surface area contributed by atoms with Crippen molar-refractivity contribution in [1.82, 2.24) is 9.88 Å². The van der Waals surface area contributed by atoms with Crippen molar-refractivity contribution in [2.24, 2.45) is 23.2 Å². The fourth-order valence-electron chi connectivity index (χ4n) is 6.29. The number of nitrogens with zero attached hydrogens (tertiary/aromatic N) is 2. The van der Waals surface area contributed by atoms with E-state index in [0.29, 0.717) is 13.0 Å². The molecular formula is C27H33F2N3O3S. The highest BCUT2D eigenvalue weighted by molar-refractivity contribution is 7.15. The summed E-state index contributed by atoms with van der Waals surface area (Å²) in [6, 6.07) is 3.28. The molecule has 1 heterocycles. The number of hydrogen-bond donors (Lipinski definition) is 2. The molecule has 0 bridgehead atoms. The number of fused-ring (bicyclic) bond motifs is 2. The Labute approximate surface area is 214 Å². The molecule has 4 rings (SSSR count). The second-order valence-corrected chi connectivity index (χ2v) is 11.6. The molecule has 2 amide bonds. The van der Waals surface area contributed by atoms with E-state index in [1.54, 1.807) is 18.0 Å². The van der Waals surface area contributed by atoms with Gasteiger partial charge in [-0.25, -0.2) is 13.8 Å². The minimum Gasteiger partial charge on any atom is -0.392 e. The number of aliphatic hydroxyl groups is 1. The molecule has 9 heteroatoms. The smallest absolute Gasteiger partial charge is 0.263 e. The number of aliphatic hydroxyl groups excluding tert-OH is 1. The van der Waals surface area contributed by atoms with E-state index in [1.165, 1.54) is 17.4 Å². The molecule has 0 unspecified atom stereocenters. The van der Waals surface area contributed by atoms with Crippen LogP contribution in [-0.4, -0.2) is 46.5 Å². The van der Waals surface area contributed by atoms with E-state index < -0.39 is 29.2 Å². The van der Waals surface area contributed by atoms with Crippen LogP contribution < -0.4 is 5.32 Å². The molecule has 0 spiro atoms. The lowest BCUT2D eigenvalue weighted by atomic mass is 9.53. The molecule has 1 saturated carbocycles. The van der Waals surface area contributed by atoms with Gasteiger partial charge < -0.3 is 10.0 Å². The molecule has 0 aliphatic heterocycles. The van der Waals surface area contributed by atoms with Crippen molar-refractivity contribution in [3.8, 4) is 0 Å². The van der Waals surface area contributed by atoms with Gasteiger partial charge in [-0.2, -0.15) is 0 Å². The predicted octanol–water partition coefficient (Wildman–Crippen LogP) is 5.01. The normalized spacial score (nSPS) is 28.0. The number of rotatable bonds is 6. The van der Waals surface area contributed by atoms with Crippen LogP contribution in [0.5, 0.6) is 0 Å². The highest BCUT2D eigenvalue weighted by atomic mass is 32.1. The van der Waals surface area contributed by atoms with Crippen LogP contribution in [0.4, 0.5) is 13.9 Å². The molecule has 2 aliphatic rings. The molecule has 36 heavy (non-hydrogen) atoms. The van der Waals surface area contributed by atoms with Gasteiger partial charge in [-0.3, -0.25) is 14.9 Å². The molecule has 0 saturated heterocycles. The van der Waals surface area contributed by atoms with Crippen LogP contribution in [0, 0.1) is 34.8 Å². The van der Waals surface area contributed by atoms with E-state index in [-0.39, 0.29) is 40.1 Å². The third-order valence-corrected chi connectivity index (χ3v) is 9.13. The van der Waals surface area contributed by atoms with Gasteiger partial charge in [0.15, 0.2) is 5.13 Å². The van der Waals surface area contributed by atoms with Crippen molar-refractivity contribution >= 4 is 28.3 Å². The maximum absolute atomic E-state index is 14.1. The highest BCUT2D eigenvalue weighted by Gasteiger charge is 2.54. The third kappa shape index (κ3) is 4.59. The summed E-state index contributed by atoms with van der Waals surface area (Å²) in [4.78, 5) is 32.8.